The smallest absolute Gasteiger partial charge is 0.226 e. The van der Waals surface area contributed by atoms with E-state index in [9.17, 15) is 14.4 Å². The Labute approximate surface area is 153 Å². The molecule has 4 nitrogen and oxygen atoms in total. The molecule has 0 radical (unpaired) electrons. The average molecular weight is 360 g/mol. The summed E-state index contributed by atoms with van der Waals surface area (Å²) in [5.41, 5.74) is 2.90. The number of carbonyl (C=O) groups excluding carboxylic acids is 3. The fraction of sp³-hybridized carbons (Fsp3) is 0.350. The monoisotopic (exact) mass is 359 g/mol. The van der Waals surface area contributed by atoms with E-state index in [1.54, 1.807) is 44.9 Å². The zero-order valence-corrected chi connectivity index (χ0v) is 15.7. The van der Waals surface area contributed by atoms with E-state index in [1.165, 1.54) is 0 Å². The van der Waals surface area contributed by atoms with Gasteiger partial charge in [0.2, 0.25) is 5.91 Å². The molecule has 0 bridgehead atoms. The number of Topliss-reactive ketones (excluding diaryl/α,β-unsaturated/α-hetero) is 2. The van der Waals surface area contributed by atoms with Gasteiger partial charge in [-0.15, -0.1) is 0 Å². The summed E-state index contributed by atoms with van der Waals surface area (Å²) in [5.74, 6) is -0.214. The summed E-state index contributed by atoms with van der Waals surface area (Å²) in [6.07, 6.45) is 0.653. The molecule has 1 aliphatic carbocycles. The Kier molecular flexibility index (Phi) is 5.96. The Hall–Kier alpha value is -2.20. The van der Waals surface area contributed by atoms with Gasteiger partial charge in [-0.3, -0.25) is 14.4 Å². The molecule has 132 valence electrons. The third-order valence-electron chi connectivity index (χ3n) is 4.70. The number of likely N-dealkylation sites (N-methyl/N-ethyl adjacent to an activating group) is 1. The van der Waals surface area contributed by atoms with E-state index in [0.717, 1.165) is 5.56 Å². The van der Waals surface area contributed by atoms with Crippen LogP contribution < -0.4 is 0 Å². The van der Waals surface area contributed by atoms with Gasteiger partial charge in [-0.05, 0) is 44.9 Å². The maximum Gasteiger partial charge on any atom is 0.226 e. The zero-order valence-electron chi connectivity index (χ0n) is 15.0. The van der Waals surface area contributed by atoms with Crippen LogP contribution in [0.3, 0.4) is 0 Å². The number of ketones is 2. The highest BCUT2D eigenvalue weighted by Gasteiger charge is 2.27. The van der Waals surface area contributed by atoms with Crippen molar-refractivity contribution in [2.24, 2.45) is 0 Å². The highest BCUT2D eigenvalue weighted by molar-refractivity contribution is 6.30. The van der Waals surface area contributed by atoms with Gasteiger partial charge in [0.05, 0.1) is 6.42 Å². The van der Waals surface area contributed by atoms with Crippen molar-refractivity contribution in [1.29, 1.82) is 0 Å². The molecule has 0 saturated carbocycles. The van der Waals surface area contributed by atoms with Gasteiger partial charge in [0.15, 0.2) is 11.6 Å². The fourth-order valence-electron chi connectivity index (χ4n) is 2.77. The van der Waals surface area contributed by atoms with Crippen LogP contribution in [0.1, 0.15) is 32.8 Å². The molecule has 0 heterocycles. The number of rotatable bonds is 5. The normalized spacial score (nSPS) is 15.1. The number of nitrogens with zero attached hydrogens (tertiary/aromatic N) is 1. The number of carbonyl (C=O) groups is 3. The van der Waals surface area contributed by atoms with Crippen molar-refractivity contribution in [2.75, 3.05) is 13.6 Å². The highest BCUT2D eigenvalue weighted by atomic mass is 35.5. The van der Waals surface area contributed by atoms with Crippen molar-refractivity contribution < 1.29 is 14.4 Å². The number of halogens is 1. The minimum Gasteiger partial charge on any atom is -0.345 e. The van der Waals surface area contributed by atoms with E-state index in [0.29, 0.717) is 40.3 Å². The molecular weight excluding hydrogens is 338 g/mol. The Bertz CT molecular complexity index is 788. The van der Waals surface area contributed by atoms with Crippen molar-refractivity contribution in [3.63, 3.8) is 0 Å². The Balaban J connectivity index is 2.00. The number of amides is 1. The number of benzene rings is 1. The first-order valence-electron chi connectivity index (χ1n) is 8.17. The van der Waals surface area contributed by atoms with Gasteiger partial charge in [0, 0.05) is 40.9 Å². The SMILES string of the molecule is CC1=C(C)C(=O)C(CCN(C)C(=O)Cc2ccc(Cl)cc2)=C(C)C1=O. The summed E-state index contributed by atoms with van der Waals surface area (Å²) >= 11 is 5.84. The van der Waals surface area contributed by atoms with E-state index >= 15 is 0 Å². The molecule has 0 spiro atoms. The van der Waals surface area contributed by atoms with Crippen molar-refractivity contribution >= 4 is 29.1 Å². The summed E-state index contributed by atoms with van der Waals surface area (Å²) in [4.78, 5) is 38.5. The predicted molar refractivity (Wildman–Crippen MR) is 98.5 cm³/mol. The van der Waals surface area contributed by atoms with E-state index in [2.05, 4.69) is 0 Å². The standard InChI is InChI=1S/C20H22ClNO3/c1-12-13(2)20(25)17(14(3)19(12)24)9-10-22(4)18(23)11-15-5-7-16(21)8-6-15/h5-8H,9-11H2,1-4H3. The fourth-order valence-corrected chi connectivity index (χ4v) is 2.90. The van der Waals surface area contributed by atoms with Gasteiger partial charge >= 0.3 is 0 Å². The molecule has 1 aromatic rings. The molecule has 0 aromatic heterocycles. The topological polar surface area (TPSA) is 54.5 Å². The van der Waals surface area contributed by atoms with Crippen LogP contribution in [0.25, 0.3) is 0 Å². The Morgan fingerprint density at radius 1 is 0.960 bits per heavy atom. The first-order chi connectivity index (χ1) is 11.7. The van der Waals surface area contributed by atoms with Crippen LogP contribution in [0.5, 0.6) is 0 Å². The molecule has 1 aromatic carbocycles. The van der Waals surface area contributed by atoms with E-state index in [4.69, 9.17) is 11.6 Å². The third kappa shape index (κ3) is 4.26. The van der Waals surface area contributed by atoms with Crippen LogP contribution in [-0.4, -0.2) is 36.0 Å². The summed E-state index contributed by atoms with van der Waals surface area (Å²) in [6, 6.07) is 7.15. The van der Waals surface area contributed by atoms with Gasteiger partial charge < -0.3 is 4.90 Å². The summed E-state index contributed by atoms with van der Waals surface area (Å²) in [6.45, 7) is 5.43. The number of hydrogen-bond donors (Lipinski definition) is 0. The molecule has 2 rings (SSSR count). The van der Waals surface area contributed by atoms with Gasteiger partial charge in [0.25, 0.3) is 0 Å². The average Bonchev–Trinajstić information content (AvgIpc) is 2.60. The molecule has 1 amide bonds. The zero-order chi connectivity index (χ0) is 18.7. The molecule has 0 unspecified atom stereocenters. The molecule has 0 aliphatic heterocycles. The Morgan fingerprint density at radius 3 is 2.12 bits per heavy atom. The second-order valence-electron chi connectivity index (χ2n) is 6.38. The van der Waals surface area contributed by atoms with Crippen LogP contribution in [-0.2, 0) is 20.8 Å². The quantitative estimate of drug-likeness (QED) is 0.755. The van der Waals surface area contributed by atoms with Crippen LogP contribution >= 0.6 is 11.6 Å². The first kappa shape index (κ1) is 19.1. The van der Waals surface area contributed by atoms with Crippen LogP contribution in [0, 0.1) is 0 Å². The maximum atomic E-state index is 12.4. The lowest BCUT2D eigenvalue weighted by atomic mass is 9.84. The Morgan fingerprint density at radius 2 is 1.52 bits per heavy atom. The number of allylic oxidation sites excluding steroid dienone is 3. The lowest BCUT2D eigenvalue weighted by Crippen LogP contribution is -2.31. The molecule has 0 saturated heterocycles. The minimum atomic E-state index is -0.0897. The molecule has 1 aliphatic rings. The molecule has 0 N–H and O–H groups in total. The third-order valence-corrected chi connectivity index (χ3v) is 4.95. The second-order valence-corrected chi connectivity index (χ2v) is 6.82. The van der Waals surface area contributed by atoms with Gasteiger partial charge in [-0.25, -0.2) is 0 Å². The van der Waals surface area contributed by atoms with Gasteiger partial charge in [-0.2, -0.15) is 0 Å². The molecule has 25 heavy (non-hydrogen) atoms. The maximum absolute atomic E-state index is 12.4. The summed E-state index contributed by atoms with van der Waals surface area (Å²) in [5, 5.41) is 0.631. The van der Waals surface area contributed by atoms with Crippen molar-refractivity contribution in [3.8, 4) is 0 Å². The highest BCUT2D eigenvalue weighted by Crippen LogP contribution is 2.26. The van der Waals surface area contributed by atoms with E-state index in [-0.39, 0.29) is 23.9 Å². The lowest BCUT2D eigenvalue weighted by molar-refractivity contribution is -0.129. The van der Waals surface area contributed by atoms with Gasteiger partial charge in [-0.1, -0.05) is 23.7 Å². The molecule has 0 atom stereocenters. The largest absolute Gasteiger partial charge is 0.345 e. The van der Waals surface area contributed by atoms with Gasteiger partial charge in [0.1, 0.15) is 0 Å². The predicted octanol–water partition coefficient (Wildman–Crippen LogP) is 3.54. The van der Waals surface area contributed by atoms with E-state index in [1.807, 2.05) is 12.1 Å². The lowest BCUT2D eigenvalue weighted by Gasteiger charge is -2.22. The molecule has 5 heteroatoms. The minimum absolute atomic E-state index is 0.0430. The van der Waals surface area contributed by atoms with Crippen LogP contribution in [0.4, 0.5) is 0 Å². The summed E-state index contributed by atoms with van der Waals surface area (Å²) < 4.78 is 0. The van der Waals surface area contributed by atoms with Crippen LogP contribution in [0.2, 0.25) is 5.02 Å². The second kappa shape index (κ2) is 7.79. The molecular formula is C20H22ClNO3. The van der Waals surface area contributed by atoms with Crippen molar-refractivity contribution in [2.45, 2.75) is 33.6 Å². The number of hydrogen-bond acceptors (Lipinski definition) is 3. The van der Waals surface area contributed by atoms with Crippen LogP contribution in [0.15, 0.2) is 46.6 Å². The van der Waals surface area contributed by atoms with Crippen molar-refractivity contribution in [3.05, 3.63) is 57.1 Å². The molecule has 0 fully saturated rings. The summed E-state index contributed by atoms with van der Waals surface area (Å²) in [7, 11) is 1.71. The van der Waals surface area contributed by atoms with E-state index < -0.39 is 0 Å². The van der Waals surface area contributed by atoms with Crippen molar-refractivity contribution in [1.82, 2.24) is 4.90 Å². The first-order valence-corrected chi connectivity index (χ1v) is 8.55.